The minimum atomic E-state index is -0.497. The first kappa shape index (κ1) is 14.1. The zero-order valence-electron chi connectivity index (χ0n) is 10.5. The summed E-state index contributed by atoms with van der Waals surface area (Å²) in [6.07, 6.45) is 1.55. The summed E-state index contributed by atoms with van der Waals surface area (Å²) >= 11 is 1.26. The smallest absolute Gasteiger partial charge is 0.281 e. The van der Waals surface area contributed by atoms with E-state index in [0.717, 1.165) is 0 Å². The molecular formula is C12H11N3O4S. The minimum Gasteiger partial charge on any atom is -0.375 e. The lowest BCUT2D eigenvalue weighted by atomic mass is 10.1. The van der Waals surface area contributed by atoms with E-state index in [4.69, 9.17) is 4.74 Å². The van der Waals surface area contributed by atoms with Crippen LogP contribution in [0.4, 0.5) is 11.4 Å². The summed E-state index contributed by atoms with van der Waals surface area (Å²) < 4.78 is 4.73. The van der Waals surface area contributed by atoms with Gasteiger partial charge in [0.15, 0.2) is 0 Å². The van der Waals surface area contributed by atoms with Gasteiger partial charge in [-0.3, -0.25) is 14.9 Å². The number of anilines is 1. The van der Waals surface area contributed by atoms with Crippen molar-refractivity contribution in [3.05, 3.63) is 39.9 Å². The van der Waals surface area contributed by atoms with Crippen molar-refractivity contribution >= 4 is 28.6 Å². The van der Waals surface area contributed by atoms with E-state index < -0.39 is 4.92 Å². The van der Waals surface area contributed by atoms with Crippen molar-refractivity contribution in [2.24, 2.45) is 0 Å². The van der Waals surface area contributed by atoms with Gasteiger partial charge >= 0.3 is 0 Å². The number of nitrogens with zero attached hydrogens (tertiary/aromatic N) is 2. The Balaban J connectivity index is 2.48. The molecule has 1 N–H and O–H groups in total. The van der Waals surface area contributed by atoms with E-state index in [1.165, 1.54) is 30.6 Å². The first-order chi connectivity index (χ1) is 9.63. The van der Waals surface area contributed by atoms with Crippen LogP contribution in [0, 0.1) is 10.1 Å². The Bertz CT molecular complexity index is 628. The van der Waals surface area contributed by atoms with Crippen molar-refractivity contribution in [3.63, 3.8) is 0 Å². The van der Waals surface area contributed by atoms with Crippen molar-refractivity contribution in [3.8, 4) is 10.6 Å². The Morgan fingerprint density at radius 2 is 2.35 bits per heavy atom. The predicted octanol–water partition coefficient (Wildman–Crippen LogP) is 2.30. The van der Waals surface area contributed by atoms with Gasteiger partial charge in [-0.1, -0.05) is 6.07 Å². The average Bonchev–Trinajstić information content (AvgIpc) is 2.92. The van der Waals surface area contributed by atoms with Crippen molar-refractivity contribution in [1.82, 2.24) is 4.98 Å². The van der Waals surface area contributed by atoms with Gasteiger partial charge < -0.3 is 10.1 Å². The molecule has 0 radical (unpaired) electrons. The largest absolute Gasteiger partial charge is 0.375 e. The SMILES string of the molecule is COCC(=O)Nc1cccc([N+](=O)[O-])c1-c1nccs1. The summed E-state index contributed by atoms with van der Waals surface area (Å²) in [5, 5.41) is 15.9. The molecule has 0 aliphatic heterocycles. The molecule has 1 aromatic carbocycles. The lowest BCUT2D eigenvalue weighted by molar-refractivity contribution is -0.384. The fourth-order valence-corrected chi connectivity index (χ4v) is 2.39. The van der Waals surface area contributed by atoms with Crippen molar-refractivity contribution in [1.29, 1.82) is 0 Å². The summed E-state index contributed by atoms with van der Waals surface area (Å²) in [6.45, 7) is -0.125. The van der Waals surface area contributed by atoms with E-state index in [2.05, 4.69) is 10.3 Å². The maximum atomic E-state index is 11.6. The molecule has 2 rings (SSSR count). The van der Waals surface area contributed by atoms with Gasteiger partial charge in [0.05, 0.1) is 10.6 Å². The van der Waals surface area contributed by atoms with Gasteiger partial charge in [-0.2, -0.15) is 0 Å². The summed E-state index contributed by atoms with van der Waals surface area (Å²) in [6, 6.07) is 4.48. The van der Waals surface area contributed by atoms with Crippen molar-refractivity contribution < 1.29 is 14.5 Å². The summed E-state index contributed by atoms with van der Waals surface area (Å²) in [7, 11) is 1.40. The Morgan fingerprint density at radius 3 is 2.95 bits per heavy atom. The molecule has 1 heterocycles. The third-order valence-corrected chi connectivity index (χ3v) is 3.23. The van der Waals surface area contributed by atoms with Gasteiger partial charge in [0, 0.05) is 24.8 Å². The molecule has 1 amide bonds. The van der Waals surface area contributed by atoms with E-state index >= 15 is 0 Å². The van der Waals surface area contributed by atoms with E-state index in [9.17, 15) is 14.9 Å². The molecule has 0 bridgehead atoms. The number of thiazole rings is 1. The molecule has 20 heavy (non-hydrogen) atoms. The van der Waals surface area contributed by atoms with E-state index in [1.807, 2.05) is 0 Å². The topological polar surface area (TPSA) is 94.4 Å². The van der Waals surface area contributed by atoms with Gasteiger partial charge in [0.25, 0.3) is 5.69 Å². The number of amides is 1. The van der Waals surface area contributed by atoms with Crippen LogP contribution in [-0.4, -0.2) is 29.5 Å². The molecule has 0 aliphatic rings. The fraction of sp³-hybridized carbons (Fsp3) is 0.167. The monoisotopic (exact) mass is 293 g/mol. The lowest BCUT2D eigenvalue weighted by Gasteiger charge is -2.09. The number of carbonyl (C=O) groups is 1. The Labute approximate surface area is 118 Å². The highest BCUT2D eigenvalue weighted by atomic mass is 32.1. The highest BCUT2D eigenvalue weighted by molar-refractivity contribution is 7.13. The number of carbonyl (C=O) groups excluding carboxylic acids is 1. The zero-order valence-corrected chi connectivity index (χ0v) is 11.3. The Hall–Kier alpha value is -2.32. The highest BCUT2D eigenvalue weighted by Gasteiger charge is 2.22. The molecule has 0 saturated carbocycles. The second-order valence-electron chi connectivity index (χ2n) is 3.78. The fourth-order valence-electron chi connectivity index (χ4n) is 1.69. The second kappa shape index (κ2) is 6.22. The lowest BCUT2D eigenvalue weighted by Crippen LogP contribution is -2.17. The maximum absolute atomic E-state index is 11.6. The van der Waals surface area contributed by atoms with Crippen LogP contribution in [0.5, 0.6) is 0 Å². The molecule has 2 aromatic rings. The van der Waals surface area contributed by atoms with Crippen LogP contribution in [0.3, 0.4) is 0 Å². The van der Waals surface area contributed by atoms with Crippen LogP contribution >= 0.6 is 11.3 Å². The molecular weight excluding hydrogens is 282 g/mol. The number of nitrogens with one attached hydrogen (secondary N) is 1. The van der Waals surface area contributed by atoms with E-state index in [-0.39, 0.29) is 18.2 Å². The Morgan fingerprint density at radius 1 is 1.55 bits per heavy atom. The molecule has 8 heteroatoms. The number of nitro benzene ring substituents is 1. The molecule has 1 aromatic heterocycles. The van der Waals surface area contributed by atoms with Gasteiger partial charge in [-0.25, -0.2) is 4.98 Å². The van der Waals surface area contributed by atoms with Crippen molar-refractivity contribution in [2.75, 3.05) is 19.0 Å². The third kappa shape index (κ3) is 2.98. The highest BCUT2D eigenvalue weighted by Crippen LogP contribution is 2.37. The molecule has 0 fully saturated rings. The minimum absolute atomic E-state index is 0.102. The first-order valence-electron chi connectivity index (χ1n) is 5.59. The van der Waals surface area contributed by atoms with Crippen LogP contribution in [0.1, 0.15) is 0 Å². The van der Waals surface area contributed by atoms with E-state index in [0.29, 0.717) is 16.3 Å². The van der Waals surface area contributed by atoms with Crippen molar-refractivity contribution in [2.45, 2.75) is 0 Å². The number of hydrogen-bond acceptors (Lipinski definition) is 6. The number of ether oxygens (including phenoxy) is 1. The average molecular weight is 293 g/mol. The molecule has 104 valence electrons. The molecule has 0 aliphatic carbocycles. The summed E-state index contributed by atoms with van der Waals surface area (Å²) in [5.74, 6) is -0.384. The molecule has 0 spiro atoms. The number of nitro groups is 1. The van der Waals surface area contributed by atoms with Gasteiger partial charge in [-0.05, 0) is 6.07 Å². The van der Waals surface area contributed by atoms with Crippen LogP contribution in [0.25, 0.3) is 10.6 Å². The quantitative estimate of drug-likeness (QED) is 0.674. The number of hydrogen-bond donors (Lipinski definition) is 1. The standard InChI is InChI=1S/C12H11N3O4S/c1-19-7-10(16)14-8-3-2-4-9(15(17)18)11(8)12-13-5-6-20-12/h2-6H,7H2,1H3,(H,14,16). The molecule has 7 nitrogen and oxygen atoms in total. The number of methoxy groups -OCH3 is 1. The Kier molecular flexibility index (Phi) is 4.38. The van der Waals surface area contributed by atoms with Gasteiger partial charge in [0.2, 0.25) is 5.91 Å². The summed E-state index contributed by atoms with van der Waals surface area (Å²) in [5.41, 5.74) is 0.545. The van der Waals surface area contributed by atoms with Gasteiger partial charge in [-0.15, -0.1) is 11.3 Å². The maximum Gasteiger partial charge on any atom is 0.281 e. The molecule has 0 saturated heterocycles. The summed E-state index contributed by atoms with van der Waals surface area (Å²) in [4.78, 5) is 26.3. The number of rotatable bonds is 5. The molecule has 0 atom stereocenters. The van der Waals surface area contributed by atoms with Gasteiger partial charge in [0.1, 0.15) is 17.2 Å². The zero-order chi connectivity index (χ0) is 14.5. The predicted molar refractivity (Wildman–Crippen MR) is 74.7 cm³/mol. The van der Waals surface area contributed by atoms with Crippen LogP contribution in [-0.2, 0) is 9.53 Å². The van der Waals surface area contributed by atoms with Crippen LogP contribution in [0.15, 0.2) is 29.8 Å². The molecule has 0 unspecified atom stereocenters. The van der Waals surface area contributed by atoms with Crippen LogP contribution in [0.2, 0.25) is 0 Å². The third-order valence-electron chi connectivity index (χ3n) is 2.43. The van der Waals surface area contributed by atoms with Crippen LogP contribution < -0.4 is 5.32 Å². The number of aromatic nitrogens is 1. The second-order valence-corrected chi connectivity index (χ2v) is 4.67. The normalized spacial score (nSPS) is 10.2. The first-order valence-corrected chi connectivity index (χ1v) is 6.47. The number of benzene rings is 1. The van der Waals surface area contributed by atoms with E-state index in [1.54, 1.807) is 17.6 Å².